The normalized spacial score (nSPS) is 7.71. The van der Waals surface area contributed by atoms with Crippen LogP contribution in [0.15, 0.2) is 136 Å². The van der Waals surface area contributed by atoms with E-state index < -0.39 is 0 Å². The first-order valence-corrected chi connectivity index (χ1v) is 32.0. The van der Waals surface area contributed by atoms with Gasteiger partial charge in [-0.15, -0.1) is 21.5 Å². The number of thiazole rings is 1. The van der Waals surface area contributed by atoms with Gasteiger partial charge < -0.3 is 27.6 Å². The van der Waals surface area contributed by atoms with E-state index in [1.165, 1.54) is 41.3 Å². The lowest BCUT2D eigenvalue weighted by atomic mass is 10.4. The Morgan fingerprint density at radius 2 is 1.17 bits per heavy atom. The fourth-order valence-electron chi connectivity index (χ4n) is 3.48. The number of pyridine rings is 1. The Bertz CT molecular complexity index is 2180. The zero-order valence-corrected chi connectivity index (χ0v) is 61.5. The van der Waals surface area contributed by atoms with Crippen molar-refractivity contribution < 1.29 is 13.5 Å². The minimum absolute atomic E-state index is 0.623. The standard InChI is InChI=1S/C6H7N.C4H6N2O.C4H6N2S.2C4H6N2.2C4H5NO.2C4H5NS.2C3H5N3.9C2H6/c1-6-4-2-3-5-7-6;2*1-3-5-4(2)7-6-3;1-4-2-5-3-6-4;1-6-3-2-5-4-6;1-4-2-6-3-5-4;1-4-2-5-6-3-4;1-4-2-6-3-5-4;1-4-2-5-6-3-4;1-6-2-4-5-3-6;1-3-4-2-5-6-3;9*1-2/h2-5H,1H3;2*1-2H3;2-3H,1H3,(H,5,6);2-4H,1H3;5*2-3H,1H3;2H,1H3,(H,4,5,6);9*1-2H3. The molecule has 0 saturated carbocycles. The second kappa shape index (κ2) is 84.7. The van der Waals surface area contributed by atoms with Gasteiger partial charge in [0.05, 0.1) is 30.1 Å². The quantitative estimate of drug-likeness (QED) is 0.143. The Morgan fingerprint density at radius 3 is 1.31 bits per heavy atom. The van der Waals surface area contributed by atoms with Crippen LogP contribution in [0.2, 0.25) is 0 Å². The summed E-state index contributed by atoms with van der Waals surface area (Å²) in [5.41, 5.74) is 8.36. The first kappa shape index (κ1) is 98.3. The van der Waals surface area contributed by atoms with E-state index in [2.05, 4.69) is 97.8 Å². The van der Waals surface area contributed by atoms with Crippen molar-refractivity contribution in [3.63, 3.8) is 0 Å². The first-order valence-electron chi connectivity index (χ1n) is 29.4. The van der Waals surface area contributed by atoms with Crippen LogP contribution >= 0.6 is 34.4 Å². The highest BCUT2D eigenvalue weighted by Crippen LogP contribution is 1.99. The smallest absolute Gasteiger partial charge is 0.223 e. The highest BCUT2D eigenvalue weighted by Gasteiger charge is 1.90. The van der Waals surface area contributed by atoms with E-state index in [0.29, 0.717) is 11.7 Å². The van der Waals surface area contributed by atoms with Gasteiger partial charge in [-0.25, -0.2) is 29.3 Å². The van der Waals surface area contributed by atoms with Crippen molar-refractivity contribution in [2.45, 2.75) is 201 Å². The van der Waals surface area contributed by atoms with Gasteiger partial charge in [0, 0.05) is 85.4 Å². The number of aryl methyl sites for hydroxylation is 13. The molecule has 11 aromatic rings. The second-order valence-electron chi connectivity index (χ2n) is 13.5. The van der Waals surface area contributed by atoms with Crippen molar-refractivity contribution in [1.82, 2.24) is 93.4 Å². The van der Waals surface area contributed by atoms with Gasteiger partial charge in [-0.05, 0) is 110 Å². The van der Waals surface area contributed by atoms with Gasteiger partial charge in [-0.3, -0.25) is 15.1 Å². The summed E-state index contributed by atoms with van der Waals surface area (Å²) in [5, 5.41) is 25.3. The minimum Gasteiger partial charge on any atom is -0.452 e. The van der Waals surface area contributed by atoms with Crippen LogP contribution in [-0.4, -0.2) is 93.4 Å². The van der Waals surface area contributed by atoms with Gasteiger partial charge in [0.2, 0.25) is 5.89 Å². The summed E-state index contributed by atoms with van der Waals surface area (Å²) in [7, 11) is 3.81. The number of hydrogen-bond donors (Lipinski definition) is 2. The molecule has 2 N–H and O–H groups in total. The van der Waals surface area contributed by atoms with Crippen molar-refractivity contribution >= 4 is 34.4 Å². The maximum Gasteiger partial charge on any atom is 0.223 e. The maximum absolute atomic E-state index is 4.60. The largest absolute Gasteiger partial charge is 0.452 e. The van der Waals surface area contributed by atoms with E-state index in [0.717, 1.165) is 45.0 Å². The number of H-pyrrole nitrogens is 2. The number of rotatable bonds is 0. The highest BCUT2D eigenvalue weighted by atomic mass is 32.1. The fourth-order valence-corrected chi connectivity index (χ4v) is 5.02. The number of nitrogens with one attached hydrogen (secondary N) is 2. The zero-order chi connectivity index (χ0) is 68.9. The molecule has 0 radical (unpaired) electrons. The van der Waals surface area contributed by atoms with E-state index in [4.69, 9.17) is 0 Å². The van der Waals surface area contributed by atoms with Crippen molar-refractivity contribution in [3.8, 4) is 0 Å². The van der Waals surface area contributed by atoms with Crippen molar-refractivity contribution in [1.29, 1.82) is 0 Å². The molecule has 0 aliphatic heterocycles. The summed E-state index contributed by atoms with van der Waals surface area (Å²) in [5.74, 6) is 3.05. The third-order valence-electron chi connectivity index (χ3n) is 6.64. The summed E-state index contributed by atoms with van der Waals surface area (Å²) in [6, 6.07) is 5.86. The summed E-state index contributed by atoms with van der Waals surface area (Å²) in [4.78, 5) is 33.7. The van der Waals surface area contributed by atoms with Crippen LogP contribution in [0.3, 0.4) is 0 Å². The van der Waals surface area contributed by atoms with Gasteiger partial charge in [0.25, 0.3) is 0 Å². The average Bonchev–Trinajstić information content (AvgIpc) is 4.43. The molecule has 0 saturated heterocycles. The van der Waals surface area contributed by atoms with Crippen LogP contribution in [0.5, 0.6) is 0 Å². The van der Waals surface area contributed by atoms with Gasteiger partial charge in [-0.1, -0.05) is 141 Å². The molecule has 0 aliphatic carbocycles. The van der Waals surface area contributed by atoms with Gasteiger partial charge in [-0.2, -0.15) is 14.5 Å². The lowest BCUT2D eigenvalue weighted by Crippen LogP contribution is -1.76. The Balaban J connectivity index is -0.000000107. The molecule has 0 unspecified atom stereocenters. The molecule has 0 aliphatic rings. The van der Waals surface area contributed by atoms with Crippen LogP contribution in [0.4, 0.5) is 0 Å². The molecule has 0 amide bonds. The van der Waals surface area contributed by atoms with E-state index >= 15 is 0 Å². The van der Waals surface area contributed by atoms with Gasteiger partial charge >= 0.3 is 0 Å². The van der Waals surface area contributed by atoms with E-state index in [1.807, 2.05) is 252 Å². The van der Waals surface area contributed by atoms with Crippen LogP contribution in [0, 0.1) is 76.2 Å². The second-order valence-corrected chi connectivity index (χ2v) is 15.8. The number of imidazole rings is 2. The van der Waals surface area contributed by atoms with Crippen LogP contribution < -0.4 is 0 Å². The third kappa shape index (κ3) is 82.5. The van der Waals surface area contributed by atoms with E-state index in [-0.39, 0.29) is 0 Å². The highest BCUT2D eigenvalue weighted by molar-refractivity contribution is 7.07. The number of aromatic nitrogens is 19. The molecule has 11 heterocycles. The lowest BCUT2D eigenvalue weighted by Gasteiger charge is -1.82. The summed E-state index contributed by atoms with van der Waals surface area (Å²) in [6.07, 6.45) is 23.5. The Hall–Kier alpha value is -7.77. The van der Waals surface area contributed by atoms with Crippen molar-refractivity contribution in [2.24, 2.45) is 14.1 Å². The minimum atomic E-state index is 0.623. The predicted molar refractivity (Wildman–Crippen MR) is 369 cm³/mol. The number of nitrogens with zero attached hydrogens (tertiary/aromatic N) is 17. The molecule has 87 heavy (non-hydrogen) atoms. The first-order chi connectivity index (χ1) is 42.1. The fraction of sp³-hybridized carbons (Fsp3) is 0.500. The molecular weight excluding hydrogens is 1160 g/mol. The van der Waals surface area contributed by atoms with Crippen LogP contribution in [0.25, 0.3) is 0 Å². The molecule has 0 fully saturated rings. The van der Waals surface area contributed by atoms with Crippen LogP contribution in [0.1, 0.15) is 187 Å². The zero-order valence-electron chi connectivity index (χ0n) is 59.1. The lowest BCUT2D eigenvalue weighted by molar-refractivity contribution is 0.389. The Morgan fingerprint density at radius 1 is 0.552 bits per heavy atom. The molecule has 25 heteroatoms. The van der Waals surface area contributed by atoms with Crippen LogP contribution in [-0.2, 0) is 14.1 Å². The molecule has 11 aromatic heterocycles. The summed E-state index contributed by atoms with van der Waals surface area (Å²) in [6.45, 7) is 57.0. The summed E-state index contributed by atoms with van der Waals surface area (Å²) < 4.78 is 25.1. The average molecular weight is 1270 g/mol. The maximum atomic E-state index is 4.60. The van der Waals surface area contributed by atoms with Crippen molar-refractivity contribution in [3.05, 3.63) is 184 Å². The monoisotopic (exact) mass is 1270 g/mol. The van der Waals surface area contributed by atoms with Crippen molar-refractivity contribution in [2.75, 3.05) is 0 Å². The van der Waals surface area contributed by atoms with E-state index in [1.54, 1.807) is 92.4 Å². The number of hydrogen-bond acceptors (Lipinski definition) is 21. The molecule has 11 rings (SSSR count). The molecule has 22 nitrogen and oxygen atoms in total. The Kier molecular flexibility index (Phi) is 95.7. The van der Waals surface area contributed by atoms with Gasteiger partial charge in [0.1, 0.15) is 48.2 Å². The molecule has 0 aromatic carbocycles. The predicted octanol–water partition coefficient (Wildman–Crippen LogP) is 18.4. The molecule has 0 atom stereocenters. The third-order valence-corrected chi connectivity index (χ3v) is 8.76. The van der Waals surface area contributed by atoms with E-state index in [9.17, 15) is 0 Å². The number of oxazole rings is 1. The molecule has 0 bridgehead atoms. The van der Waals surface area contributed by atoms with Gasteiger partial charge in [0.15, 0.2) is 12.2 Å². The summed E-state index contributed by atoms with van der Waals surface area (Å²) >= 11 is 4.56. The molecule has 494 valence electrons. The Labute approximate surface area is 537 Å². The SMILES string of the molecule is CC.CC.CC.CC.CC.CC.CC.CC.CC.Cc1ccccn1.Cc1cnc[nH]1.Cc1cnoc1.Cc1cnsc1.Cc1cocn1.Cc1cscn1.Cc1ncn[nH]1.Cc1noc(C)n1.Cc1nsc(C)n1.Cn1ccnc1.Cn1cnnc1. The molecule has 0 spiro atoms. The topological polar surface area (TPSA) is 274 Å². The molecular formula is C62H115N19O3S3. The number of aromatic amines is 2.